The fraction of sp³-hybridized carbons (Fsp3) is 0.556. The number of nitrogens with zero attached hydrogens (tertiary/aromatic N) is 7. The highest BCUT2D eigenvalue weighted by Crippen LogP contribution is 2.48. The summed E-state index contributed by atoms with van der Waals surface area (Å²) in [6.45, 7) is 9.81. The minimum atomic E-state index is -1.11. The first-order valence-electron chi connectivity index (χ1n) is 25.7. The molecule has 2 aromatic heterocycles. The van der Waals surface area contributed by atoms with Crippen LogP contribution in [-0.2, 0) is 24.5 Å². The van der Waals surface area contributed by atoms with Crippen LogP contribution in [0.2, 0.25) is 0 Å². The topological polar surface area (TPSA) is 201 Å². The van der Waals surface area contributed by atoms with Crippen LogP contribution >= 0.6 is 0 Å². The number of hydrogen-bond acceptors (Lipinski definition) is 9. The van der Waals surface area contributed by atoms with Gasteiger partial charge in [-0.2, -0.15) is 0 Å². The standard InChI is InChI=1S/C54H69N9O8/c1-54(2,3)36-12-14-37(15-13-36)63-42(34-10-16-38-40(30-34)57-48(55-38)44-8-6-24-61(44)50(64)46(59(4)52(66)67)32-20-26-70-27-21-32)18-19-43(63)35-11-17-39-41(31-35)58-49(56-39)45-9-7-25-62(45)51(65)47(60(5)53(68)69)33-22-28-71-29-23-33/h10-17,30-33,42-47H,6-9,18-29H2,1-5H3,(H,55,57)(H,56,58)(H,66,67)(H,68,69)/t42-,43-,44+,45+,46+,47+/m1/s1. The van der Waals surface area contributed by atoms with Crippen molar-refractivity contribution in [2.45, 2.75) is 127 Å². The van der Waals surface area contributed by atoms with Crippen molar-refractivity contribution in [3.05, 3.63) is 89.0 Å². The summed E-state index contributed by atoms with van der Waals surface area (Å²) >= 11 is 0. The molecule has 5 saturated heterocycles. The minimum Gasteiger partial charge on any atom is -0.465 e. The highest BCUT2D eigenvalue weighted by Gasteiger charge is 2.45. The number of amides is 4. The molecule has 0 bridgehead atoms. The molecule has 0 saturated carbocycles. The van der Waals surface area contributed by atoms with E-state index in [4.69, 9.17) is 19.4 Å². The zero-order valence-electron chi connectivity index (χ0n) is 41.7. The Bertz CT molecular complexity index is 2600. The predicted molar refractivity (Wildman–Crippen MR) is 268 cm³/mol. The van der Waals surface area contributed by atoms with Crippen molar-refractivity contribution in [2.24, 2.45) is 11.8 Å². The van der Waals surface area contributed by atoms with Crippen LogP contribution in [0.4, 0.5) is 15.3 Å². The number of aromatic amines is 2. The van der Waals surface area contributed by atoms with Gasteiger partial charge in [0, 0.05) is 59.3 Å². The van der Waals surface area contributed by atoms with E-state index in [0.29, 0.717) is 76.8 Å². The van der Waals surface area contributed by atoms with Crippen molar-refractivity contribution in [1.29, 1.82) is 0 Å². The lowest BCUT2D eigenvalue weighted by Crippen LogP contribution is -2.53. The zero-order valence-corrected chi connectivity index (χ0v) is 41.7. The lowest BCUT2D eigenvalue weighted by molar-refractivity contribution is -0.141. The smallest absolute Gasteiger partial charge is 0.407 e. The molecule has 378 valence electrons. The summed E-state index contributed by atoms with van der Waals surface area (Å²) in [6, 6.07) is 19.8. The number of imidazole rings is 2. The Morgan fingerprint density at radius 3 is 1.42 bits per heavy atom. The number of rotatable bonds is 11. The Balaban J connectivity index is 0.933. The summed E-state index contributed by atoms with van der Waals surface area (Å²) in [4.78, 5) is 79.4. The van der Waals surface area contributed by atoms with Gasteiger partial charge in [0.05, 0.1) is 46.2 Å². The van der Waals surface area contributed by atoms with Crippen molar-refractivity contribution in [1.82, 2.24) is 39.5 Å². The van der Waals surface area contributed by atoms with Crippen LogP contribution in [0.3, 0.4) is 0 Å². The van der Waals surface area contributed by atoms with Gasteiger partial charge >= 0.3 is 12.2 Å². The number of likely N-dealkylation sites (tertiary alicyclic amines) is 2. The number of carbonyl (C=O) groups excluding carboxylic acids is 2. The van der Waals surface area contributed by atoms with E-state index in [9.17, 15) is 29.4 Å². The first-order valence-corrected chi connectivity index (χ1v) is 25.7. The number of aromatic nitrogens is 4. The van der Waals surface area contributed by atoms with Crippen LogP contribution in [0.25, 0.3) is 22.1 Å². The van der Waals surface area contributed by atoms with E-state index < -0.39 is 24.3 Å². The van der Waals surface area contributed by atoms with Crippen LogP contribution in [0.1, 0.15) is 137 Å². The van der Waals surface area contributed by atoms with Gasteiger partial charge in [0.2, 0.25) is 11.8 Å². The Morgan fingerprint density at radius 2 is 1.03 bits per heavy atom. The number of likely N-dealkylation sites (N-methyl/N-ethyl adjacent to an activating group) is 2. The number of anilines is 1. The molecule has 5 fully saturated rings. The van der Waals surface area contributed by atoms with E-state index in [2.05, 4.69) is 96.3 Å². The maximum atomic E-state index is 14.4. The highest BCUT2D eigenvalue weighted by molar-refractivity contribution is 5.87. The monoisotopic (exact) mass is 972 g/mol. The second kappa shape index (κ2) is 19.8. The molecule has 10 rings (SSSR count). The molecule has 0 radical (unpaired) electrons. The summed E-state index contributed by atoms with van der Waals surface area (Å²) < 4.78 is 11.2. The number of H-pyrrole nitrogens is 2. The Hall–Kier alpha value is -6.20. The van der Waals surface area contributed by atoms with Crippen molar-refractivity contribution >= 4 is 51.8 Å². The number of nitrogens with one attached hydrogen (secondary N) is 2. The Labute approximate surface area is 414 Å². The molecule has 0 aliphatic carbocycles. The Morgan fingerprint density at radius 1 is 0.606 bits per heavy atom. The molecule has 5 aromatic rings. The first-order chi connectivity index (χ1) is 34.2. The molecule has 5 aliphatic rings. The molecule has 7 heterocycles. The second-order valence-corrected chi connectivity index (χ2v) is 21.6. The number of fused-ring (bicyclic) bond motifs is 2. The molecule has 5 aliphatic heterocycles. The molecule has 4 amide bonds. The minimum absolute atomic E-state index is 0.0113. The fourth-order valence-electron chi connectivity index (χ4n) is 12.4. The molecule has 17 heteroatoms. The van der Waals surface area contributed by atoms with Gasteiger partial charge in [-0.05, 0) is 135 Å². The van der Waals surface area contributed by atoms with Gasteiger partial charge in [-0.15, -0.1) is 0 Å². The van der Waals surface area contributed by atoms with Gasteiger partial charge in [-0.1, -0.05) is 45.0 Å². The van der Waals surface area contributed by atoms with Gasteiger partial charge in [-0.3, -0.25) is 19.4 Å². The molecule has 3 aromatic carbocycles. The summed E-state index contributed by atoms with van der Waals surface area (Å²) in [5.74, 6) is 0.860. The molecule has 0 spiro atoms. The molecule has 71 heavy (non-hydrogen) atoms. The normalized spacial score (nSPS) is 23.4. The SMILES string of the molecule is CN(C(=O)O)[C@H](C(=O)N1CCC[C@H]1c1nc2cc([C@H]3CC[C@H](c4ccc5[nH]c([C@@H]6CCCN6C(=O)[C@H](C6CCOCC6)N(C)C(=O)O)nc5c4)N3c3ccc(C(C)(C)C)cc3)ccc2[nH]1)C1CCOCC1. The number of carboxylic acid groups (broad SMARTS) is 2. The quantitative estimate of drug-likeness (QED) is 0.0985. The average Bonchev–Trinajstić information content (AvgIpc) is 4.23. The molecule has 0 unspecified atom stereocenters. The largest absolute Gasteiger partial charge is 0.465 e. The molecular formula is C54H69N9O8. The average molecular weight is 972 g/mol. The van der Waals surface area contributed by atoms with E-state index in [-0.39, 0.29) is 53.2 Å². The lowest BCUT2D eigenvalue weighted by Gasteiger charge is -2.37. The van der Waals surface area contributed by atoms with E-state index in [0.717, 1.165) is 77.4 Å². The van der Waals surface area contributed by atoms with E-state index in [1.807, 2.05) is 9.80 Å². The molecular weight excluding hydrogens is 903 g/mol. The van der Waals surface area contributed by atoms with Crippen LogP contribution < -0.4 is 4.90 Å². The van der Waals surface area contributed by atoms with Gasteiger partial charge in [0.1, 0.15) is 23.7 Å². The van der Waals surface area contributed by atoms with Crippen LogP contribution in [0.5, 0.6) is 0 Å². The highest BCUT2D eigenvalue weighted by atomic mass is 16.5. The van der Waals surface area contributed by atoms with Crippen LogP contribution in [0.15, 0.2) is 60.7 Å². The predicted octanol–water partition coefficient (Wildman–Crippen LogP) is 8.96. The van der Waals surface area contributed by atoms with Crippen LogP contribution in [0, 0.1) is 11.8 Å². The Kier molecular flexibility index (Phi) is 13.5. The summed E-state index contributed by atoms with van der Waals surface area (Å²) in [5, 5.41) is 20.1. The molecule has 4 N–H and O–H groups in total. The van der Waals surface area contributed by atoms with Gasteiger partial charge in [0.15, 0.2) is 0 Å². The maximum Gasteiger partial charge on any atom is 0.407 e. The number of hydrogen-bond donors (Lipinski definition) is 4. The number of ether oxygens (including phenoxy) is 2. The fourth-order valence-corrected chi connectivity index (χ4v) is 12.4. The number of benzene rings is 3. The molecule has 6 atom stereocenters. The maximum absolute atomic E-state index is 14.4. The van der Waals surface area contributed by atoms with Crippen LogP contribution in [-0.4, -0.2) is 139 Å². The second-order valence-electron chi connectivity index (χ2n) is 21.6. The van der Waals surface area contributed by atoms with E-state index in [1.54, 1.807) is 0 Å². The van der Waals surface area contributed by atoms with Gasteiger partial charge < -0.3 is 44.4 Å². The molecule has 17 nitrogen and oxygen atoms in total. The summed E-state index contributed by atoms with van der Waals surface area (Å²) in [7, 11) is 3.00. The van der Waals surface area contributed by atoms with Crippen molar-refractivity contribution < 1.29 is 38.9 Å². The van der Waals surface area contributed by atoms with Crippen molar-refractivity contribution in [2.75, 3.05) is 58.5 Å². The van der Waals surface area contributed by atoms with Gasteiger partial charge in [-0.25, -0.2) is 19.6 Å². The lowest BCUT2D eigenvalue weighted by atomic mass is 9.87. The van der Waals surface area contributed by atoms with Crippen molar-refractivity contribution in [3.8, 4) is 0 Å². The number of carbonyl (C=O) groups is 4. The summed E-state index contributed by atoms with van der Waals surface area (Å²) in [6.07, 6.45) is 5.17. The zero-order chi connectivity index (χ0) is 49.7. The third-order valence-corrected chi connectivity index (χ3v) is 16.3. The first kappa shape index (κ1) is 48.4. The summed E-state index contributed by atoms with van der Waals surface area (Å²) in [5.41, 5.74) is 8.07. The van der Waals surface area contributed by atoms with Crippen molar-refractivity contribution in [3.63, 3.8) is 0 Å². The van der Waals surface area contributed by atoms with Gasteiger partial charge in [0.25, 0.3) is 0 Å². The third-order valence-electron chi connectivity index (χ3n) is 16.3. The van der Waals surface area contributed by atoms with E-state index in [1.165, 1.54) is 29.5 Å². The third kappa shape index (κ3) is 9.42. The van der Waals surface area contributed by atoms with E-state index >= 15 is 0 Å².